The molecule has 86 valence electrons. The number of nitrogens with one attached hydrogen (secondary N) is 1. The summed E-state index contributed by atoms with van der Waals surface area (Å²) >= 11 is 3.40. The van der Waals surface area contributed by atoms with Crippen LogP contribution in [0.15, 0.2) is 4.60 Å². The number of hydrogen-bond acceptors (Lipinski definition) is 4. The Morgan fingerprint density at radius 2 is 2.33 bits per heavy atom. The smallest absolute Gasteiger partial charge is 0.153 e. The maximum atomic E-state index is 5.09. The van der Waals surface area contributed by atoms with Gasteiger partial charge in [-0.3, -0.25) is 0 Å². The Bertz CT molecular complexity index is 283. The summed E-state index contributed by atoms with van der Waals surface area (Å²) in [5, 5.41) is 11.3. The molecule has 0 aliphatic carbocycles. The van der Waals surface area contributed by atoms with Gasteiger partial charge in [0, 0.05) is 20.8 Å². The molecule has 1 aromatic rings. The second-order valence-electron chi connectivity index (χ2n) is 3.28. The minimum Gasteiger partial charge on any atom is -0.385 e. The van der Waals surface area contributed by atoms with E-state index >= 15 is 0 Å². The molecule has 1 heterocycles. The second kappa shape index (κ2) is 6.19. The number of hydrogen-bond donors (Lipinski definition) is 1. The van der Waals surface area contributed by atoms with E-state index in [4.69, 9.17) is 4.74 Å². The fraction of sp³-hybridized carbons (Fsp3) is 0.778. The van der Waals surface area contributed by atoms with Crippen molar-refractivity contribution in [1.82, 2.24) is 20.3 Å². The zero-order chi connectivity index (χ0) is 11.3. The molecular formula is C9H17BrN4O. The third kappa shape index (κ3) is 3.25. The normalized spacial score (nSPS) is 13.1. The fourth-order valence-corrected chi connectivity index (χ4v) is 2.13. The maximum Gasteiger partial charge on any atom is 0.153 e. The van der Waals surface area contributed by atoms with Gasteiger partial charge < -0.3 is 10.1 Å². The number of aryl methyl sites for hydroxylation is 1. The van der Waals surface area contributed by atoms with Crippen LogP contribution in [0.2, 0.25) is 0 Å². The standard InChI is InChI=1S/C9H17BrN4O/c1-4-11-7(5-6-15-3)8-9(10)12-13-14(8)2/h7,11H,4-6H2,1-3H3. The number of aromatic nitrogens is 3. The van der Waals surface area contributed by atoms with Gasteiger partial charge in [0.1, 0.15) is 0 Å². The first-order chi connectivity index (χ1) is 7.20. The molecule has 0 aliphatic heterocycles. The SMILES string of the molecule is CCNC(CCOC)c1c(Br)nnn1C. The molecule has 1 N–H and O–H groups in total. The van der Waals surface area contributed by atoms with Crippen molar-refractivity contribution < 1.29 is 4.74 Å². The fourth-order valence-electron chi connectivity index (χ4n) is 1.53. The third-order valence-electron chi connectivity index (χ3n) is 2.22. The van der Waals surface area contributed by atoms with Gasteiger partial charge in [0.15, 0.2) is 4.60 Å². The van der Waals surface area contributed by atoms with Crippen molar-refractivity contribution in [3.05, 3.63) is 10.3 Å². The topological polar surface area (TPSA) is 52.0 Å². The van der Waals surface area contributed by atoms with Crippen molar-refractivity contribution in [3.8, 4) is 0 Å². The van der Waals surface area contributed by atoms with Crippen LogP contribution in [0.5, 0.6) is 0 Å². The van der Waals surface area contributed by atoms with Crippen molar-refractivity contribution in [2.24, 2.45) is 7.05 Å². The Balaban J connectivity index is 2.78. The highest BCUT2D eigenvalue weighted by molar-refractivity contribution is 9.10. The van der Waals surface area contributed by atoms with E-state index < -0.39 is 0 Å². The van der Waals surface area contributed by atoms with Crippen LogP contribution < -0.4 is 5.32 Å². The highest BCUT2D eigenvalue weighted by atomic mass is 79.9. The summed E-state index contributed by atoms with van der Waals surface area (Å²) in [5.41, 5.74) is 1.06. The molecule has 1 aromatic heterocycles. The van der Waals surface area contributed by atoms with Crippen LogP contribution in [0.25, 0.3) is 0 Å². The Morgan fingerprint density at radius 1 is 1.60 bits per heavy atom. The van der Waals surface area contributed by atoms with E-state index in [0.717, 1.165) is 29.9 Å². The van der Waals surface area contributed by atoms with Gasteiger partial charge in [-0.1, -0.05) is 12.1 Å². The van der Waals surface area contributed by atoms with E-state index in [1.54, 1.807) is 11.8 Å². The van der Waals surface area contributed by atoms with Crippen molar-refractivity contribution in [3.63, 3.8) is 0 Å². The van der Waals surface area contributed by atoms with E-state index in [1.807, 2.05) is 7.05 Å². The summed E-state index contributed by atoms with van der Waals surface area (Å²) in [6, 6.07) is 0.226. The minimum absolute atomic E-state index is 0.226. The van der Waals surface area contributed by atoms with Crippen molar-refractivity contribution in [1.29, 1.82) is 0 Å². The monoisotopic (exact) mass is 276 g/mol. The first kappa shape index (κ1) is 12.6. The van der Waals surface area contributed by atoms with Gasteiger partial charge in [0.25, 0.3) is 0 Å². The lowest BCUT2D eigenvalue weighted by molar-refractivity contribution is 0.182. The number of methoxy groups -OCH3 is 1. The molecule has 0 spiro atoms. The molecule has 0 amide bonds. The Kier molecular flexibility index (Phi) is 5.21. The van der Waals surface area contributed by atoms with Gasteiger partial charge in [-0.2, -0.15) is 0 Å². The van der Waals surface area contributed by atoms with Crippen molar-refractivity contribution in [2.75, 3.05) is 20.3 Å². The third-order valence-corrected chi connectivity index (χ3v) is 2.78. The quantitative estimate of drug-likeness (QED) is 0.850. The van der Waals surface area contributed by atoms with Gasteiger partial charge in [-0.25, -0.2) is 4.68 Å². The number of halogens is 1. The Morgan fingerprint density at radius 3 is 2.80 bits per heavy atom. The van der Waals surface area contributed by atoms with Crippen LogP contribution in [0.4, 0.5) is 0 Å². The lowest BCUT2D eigenvalue weighted by atomic mass is 10.1. The first-order valence-corrected chi connectivity index (χ1v) is 5.77. The minimum atomic E-state index is 0.226. The first-order valence-electron chi connectivity index (χ1n) is 4.98. The summed E-state index contributed by atoms with van der Waals surface area (Å²) in [6.07, 6.45) is 0.907. The van der Waals surface area contributed by atoms with E-state index in [-0.39, 0.29) is 6.04 Å². The van der Waals surface area contributed by atoms with E-state index in [9.17, 15) is 0 Å². The van der Waals surface area contributed by atoms with Gasteiger partial charge in [0.05, 0.1) is 11.7 Å². The molecule has 0 radical (unpaired) electrons. The zero-order valence-corrected chi connectivity index (χ0v) is 10.9. The molecule has 5 nitrogen and oxygen atoms in total. The summed E-state index contributed by atoms with van der Waals surface area (Å²) in [4.78, 5) is 0. The van der Waals surface area contributed by atoms with Gasteiger partial charge in [-0.05, 0) is 28.9 Å². The molecule has 0 bridgehead atoms. The molecule has 0 saturated carbocycles. The molecular weight excluding hydrogens is 260 g/mol. The predicted octanol–water partition coefficient (Wildman–Crippen LogP) is 1.26. The number of ether oxygens (including phenoxy) is 1. The van der Waals surface area contributed by atoms with Gasteiger partial charge in [0.2, 0.25) is 0 Å². The van der Waals surface area contributed by atoms with E-state index in [1.165, 1.54) is 0 Å². The Hall–Kier alpha value is -0.460. The van der Waals surface area contributed by atoms with Gasteiger partial charge >= 0.3 is 0 Å². The molecule has 0 fully saturated rings. The van der Waals surface area contributed by atoms with Crippen LogP contribution >= 0.6 is 15.9 Å². The second-order valence-corrected chi connectivity index (χ2v) is 4.03. The molecule has 0 saturated heterocycles. The van der Waals surface area contributed by atoms with Crippen molar-refractivity contribution in [2.45, 2.75) is 19.4 Å². The summed E-state index contributed by atoms with van der Waals surface area (Å²) in [7, 11) is 3.60. The summed E-state index contributed by atoms with van der Waals surface area (Å²) in [6.45, 7) is 3.71. The number of rotatable bonds is 6. The van der Waals surface area contributed by atoms with E-state index in [2.05, 4.69) is 38.5 Å². The molecule has 0 aliphatic rings. The van der Waals surface area contributed by atoms with Gasteiger partial charge in [-0.15, -0.1) is 5.10 Å². The largest absolute Gasteiger partial charge is 0.385 e. The maximum absolute atomic E-state index is 5.09. The van der Waals surface area contributed by atoms with Crippen LogP contribution in [-0.4, -0.2) is 35.3 Å². The molecule has 1 rings (SSSR count). The molecule has 15 heavy (non-hydrogen) atoms. The van der Waals surface area contributed by atoms with Crippen LogP contribution in [0.1, 0.15) is 25.1 Å². The predicted molar refractivity (Wildman–Crippen MR) is 61.6 cm³/mol. The molecule has 1 unspecified atom stereocenters. The Labute approximate surface area is 98.3 Å². The molecule has 1 atom stereocenters. The van der Waals surface area contributed by atoms with Crippen LogP contribution in [-0.2, 0) is 11.8 Å². The van der Waals surface area contributed by atoms with Crippen molar-refractivity contribution >= 4 is 15.9 Å². The lowest BCUT2D eigenvalue weighted by Crippen LogP contribution is -2.24. The molecule has 0 aromatic carbocycles. The van der Waals surface area contributed by atoms with Crippen LogP contribution in [0, 0.1) is 0 Å². The lowest BCUT2D eigenvalue weighted by Gasteiger charge is -2.17. The molecule has 6 heteroatoms. The summed E-state index contributed by atoms with van der Waals surface area (Å²) in [5.74, 6) is 0. The average Bonchev–Trinajstić information content (AvgIpc) is 2.54. The zero-order valence-electron chi connectivity index (χ0n) is 9.33. The summed E-state index contributed by atoms with van der Waals surface area (Å²) < 4.78 is 7.67. The number of nitrogens with zero attached hydrogens (tertiary/aromatic N) is 3. The highest BCUT2D eigenvalue weighted by Gasteiger charge is 2.18. The van der Waals surface area contributed by atoms with E-state index in [0.29, 0.717) is 0 Å². The average molecular weight is 277 g/mol. The van der Waals surface area contributed by atoms with Crippen LogP contribution in [0.3, 0.4) is 0 Å². The highest BCUT2D eigenvalue weighted by Crippen LogP contribution is 2.22.